The Labute approximate surface area is 124 Å². The van der Waals surface area contributed by atoms with Gasteiger partial charge in [0.05, 0.1) is 5.56 Å². The second kappa shape index (κ2) is 6.73. The fraction of sp³-hybridized carbons (Fsp3) is 0.250. The zero-order valence-corrected chi connectivity index (χ0v) is 12.2. The quantitative estimate of drug-likeness (QED) is 0.879. The molecule has 0 aliphatic heterocycles. The first-order valence-corrected chi connectivity index (χ1v) is 6.68. The third-order valence-electron chi connectivity index (χ3n) is 3.10. The molecular weight excluding hydrogens is 264 g/mol. The van der Waals surface area contributed by atoms with Gasteiger partial charge >= 0.3 is 0 Å². The number of hydrogen-bond acceptors (Lipinski definition) is 3. The molecule has 1 aromatic heterocycles. The monoisotopic (exact) mass is 282 g/mol. The lowest BCUT2D eigenvalue weighted by Crippen LogP contribution is -2.24. The molecule has 21 heavy (non-hydrogen) atoms. The van der Waals surface area contributed by atoms with Crippen LogP contribution in [0, 0.1) is 11.3 Å². The summed E-state index contributed by atoms with van der Waals surface area (Å²) in [6, 6.07) is 11.6. The molecule has 0 saturated heterocycles. The number of carbonyl (C=O) groups excluding carboxylic acids is 1. The number of H-pyrrole nitrogens is 1. The van der Waals surface area contributed by atoms with Gasteiger partial charge in [-0.25, -0.2) is 0 Å². The van der Waals surface area contributed by atoms with E-state index in [1.807, 2.05) is 38.4 Å². The highest BCUT2D eigenvalue weighted by Gasteiger charge is 2.09. The fourth-order valence-electron chi connectivity index (χ4n) is 2.09. The van der Waals surface area contributed by atoms with Crippen LogP contribution in [-0.2, 0) is 13.1 Å². The minimum absolute atomic E-state index is 0.212. The first-order valence-electron chi connectivity index (χ1n) is 6.68. The summed E-state index contributed by atoms with van der Waals surface area (Å²) in [6.45, 7) is 1.29. The predicted molar refractivity (Wildman–Crippen MR) is 80.5 cm³/mol. The van der Waals surface area contributed by atoms with Crippen molar-refractivity contribution in [3.8, 4) is 6.07 Å². The third-order valence-corrected chi connectivity index (χ3v) is 3.10. The average molecular weight is 282 g/mol. The van der Waals surface area contributed by atoms with Crippen molar-refractivity contribution in [2.24, 2.45) is 0 Å². The molecule has 2 rings (SSSR count). The predicted octanol–water partition coefficient (Wildman–Crippen LogP) is 1.88. The van der Waals surface area contributed by atoms with Gasteiger partial charge in [0.25, 0.3) is 5.91 Å². The topological polar surface area (TPSA) is 71.9 Å². The molecule has 0 bridgehead atoms. The SMILES string of the molecule is CN(C)Cc1ccccc1CNC(=O)c1cc(C#N)c[nH]1. The van der Waals surface area contributed by atoms with E-state index in [4.69, 9.17) is 5.26 Å². The summed E-state index contributed by atoms with van der Waals surface area (Å²) < 4.78 is 0. The molecule has 0 aliphatic carbocycles. The Morgan fingerprint density at radius 2 is 2.05 bits per heavy atom. The molecule has 1 amide bonds. The first-order chi connectivity index (χ1) is 10.1. The van der Waals surface area contributed by atoms with Crippen LogP contribution < -0.4 is 5.32 Å². The minimum Gasteiger partial charge on any atom is -0.356 e. The molecular formula is C16H18N4O. The van der Waals surface area contributed by atoms with Crippen LogP contribution in [0.15, 0.2) is 36.5 Å². The van der Waals surface area contributed by atoms with Crippen molar-refractivity contribution in [2.45, 2.75) is 13.1 Å². The molecule has 0 fully saturated rings. The van der Waals surface area contributed by atoms with Crippen molar-refractivity contribution in [3.05, 3.63) is 58.9 Å². The zero-order chi connectivity index (χ0) is 15.2. The van der Waals surface area contributed by atoms with Gasteiger partial charge in [-0.1, -0.05) is 24.3 Å². The second-order valence-corrected chi connectivity index (χ2v) is 5.10. The summed E-state index contributed by atoms with van der Waals surface area (Å²) in [5.41, 5.74) is 3.13. The van der Waals surface area contributed by atoms with Gasteiger partial charge in [0, 0.05) is 19.3 Å². The molecule has 2 N–H and O–H groups in total. The average Bonchev–Trinajstić information content (AvgIpc) is 2.94. The molecule has 108 valence electrons. The number of rotatable bonds is 5. The summed E-state index contributed by atoms with van der Waals surface area (Å²) in [5, 5.41) is 11.6. The van der Waals surface area contributed by atoms with Gasteiger partial charge in [-0.3, -0.25) is 4.79 Å². The van der Waals surface area contributed by atoms with Crippen molar-refractivity contribution in [3.63, 3.8) is 0 Å². The van der Waals surface area contributed by atoms with Crippen LogP contribution in [0.4, 0.5) is 0 Å². The van der Waals surface area contributed by atoms with Crippen molar-refractivity contribution >= 4 is 5.91 Å². The lowest BCUT2D eigenvalue weighted by atomic mass is 10.1. The van der Waals surface area contributed by atoms with E-state index >= 15 is 0 Å². The van der Waals surface area contributed by atoms with Gasteiger partial charge in [-0.2, -0.15) is 5.26 Å². The van der Waals surface area contributed by atoms with Crippen LogP contribution in [0.1, 0.15) is 27.2 Å². The third kappa shape index (κ3) is 3.94. The van der Waals surface area contributed by atoms with Crippen molar-refractivity contribution < 1.29 is 4.79 Å². The Hall–Kier alpha value is -2.58. The summed E-state index contributed by atoms with van der Waals surface area (Å²) in [5.74, 6) is -0.212. The molecule has 2 aromatic rings. The highest BCUT2D eigenvalue weighted by Crippen LogP contribution is 2.11. The maximum absolute atomic E-state index is 12.0. The Balaban J connectivity index is 2.03. The number of nitriles is 1. The summed E-state index contributed by atoms with van der Waals surface area (Å²) in [4.78, 5) is 16.9. The van der Waals surface area contributed by atoms with E-state index in [2.05, 4.69) is 21.3 Å². The van der Waals surface area contributed by atoms with E-state index in [9.17, 15) is 4.79 Å². The van der Waals surface area contributed by atoms with E-state index in [0.717, 1.165) is 12.1 Å². The molecule has 0 unspecified atom stereocenters. The van der Waals surface area contributed by atoms with Gasteiger partial charge in [0.2, 0.25) is 0 Å². The summed E-state index contributed by atoms with van der Waals surface area (Å²) in [6.07, 6.45) is 1.52. The number of hydrogen-bond donors (Lipinski definition) is 2. The number of benzene rings is 1. The molecule has 5 nitrogen and oxygen atoms in total. The van der Waals surface area contributed by atoms with Crippen molar-refractivity contribution in [2.75, 3.05) is 14.1 Å². The van der Waals surface area contributed by atoms with Crippen LogP contribution >= 0.6 is 0 Å². The first kappa shape index (κ1) is 14.8. The van der Waals surface area contributed by atoms with Gasteiger partial charge < -0.3 is 15.2 Å². The van der Waals surface area contributed by atoms with Crippen LogP contribution in [-0.4, -0.2) is 29.9 Å². The molecule has 1 aromatic carbocycles. The molecule has 0 spiro atoms. The van der Waals surface area contributed by atoms with E-state index in [-0.39, 0.29) is 5.91 Å². The van der Waals surface area contributed by atoms with Crippen molar-refractivity contribution in [1.82, 2.24) is 15.2 Å². The standard InChI is InChI=1S/C16H18N4O/c1-20(2)11-14-6-4-3-5-13(14)10-19-16(21)15-7-12(8-17)9-18-15/h3-7,9,18H,10-11H2,1-2H3,(H,19,21). The molecule has 0 radical (unpaired) electrons. The lowest BCUT2D eigenvalue weighted by molar-refractivity contribution is 0.0946. The highest BCUT2D eigenvalue weighted by atomic mass is 16.1. The number of nitrogens with zero attached hydrogens (tertiary/aromatic N) is 2. The normalized spacial score (nSPS) is 10.4. The van der Waals surface area contributed by atoms with Crippen LogP contribution in [0.5, 0.6) is 0 Å². The molecule has 0 saturated carbocycles. The second-order valence-electron chi connectivity index (χ2n) is 5.10. The maximum atomic E-state index is 12.0. The number of carbonyl (C=O) groups is 1. The Morgan fingerprint density at radius 3 is 2.67 bits per heavy atom. The lowest BCUT2D eigenvalue weighted by Gasteiger charge is -2.14. The minimum atomic E-state index is -0.212. The Kier molecular flexibility index (Phi) is 4.75. The highest BCUT2D eigenvalue weighted by molar-refractivity contribution is 5.92. The van der Waals surface area contributed by atoms with Gasteiger partial charge in [-0.05, 0) is 31.3 Å². The number of aromatic amines is 1. The van der Waals surface area contributed by atoms with Gasteiger partial charge in [0.15, 0.2) is 0 Å². The van der Waals surface area contributed by atoms with Crippen LogP contribution in [0.3, 0.4) is 0 Å². The van der Waals surface area contributed by atoms with Crippen LogP contribution in [0.2, 0.25) is 0 Å². The van der Waals surface area contributed by atoms with E-state index in [0.29, 0.717) is 17.8 Å². The maximum Gasteiger partial charge on any atom is 0.268 e. The van der Waals surface area contributed by atoms with Crippen LogP contribution in [0.25, 0.3) is 0 Å². The van der Waals surface area contributed by atoms with E-state index in [1.165, 1.54) is 11.8 Å². The molecule has 1 heterocycles. The Morgan fingerprint density at radius 1 is 1.33 bits per heavy atom. The number of nitrogens with one attached hydrogen (secondary N) is 2. The smallest absolute Gasteiger partial charge is 0.268 e. The Bertz CT molecular complexity index is 667. The van der Waals surface area contributed by atoms with Gasteiger partial charge in [-0.15, -0.1) is 0 Å². The molecule has 0 atom stereocenters. The molecule has 5 heteroatoms. The fourth-order valence-corrected chi connectivity index (χ4v) is 2.09. The largest absolute Gasteiger partial charge is 0.356 e. The van der Waals surface area contributed by atoms with Gasteiger partial charge in [0.1, 0.15) is 11.8 Å². The van der Waals surface area contributed by atoms with E-state index < -0.39 is 0 Å². The number of aromatic nitrogens is 1. The number of amides is 1. The van der Waals surface area contributed by atoms with E-state index in [1.54, 1.807) is 6.07 Å². The van der Waals surface area contributed by atoms with Crippen molar-refractivity contribution in [1.29, 1.82) is 5.26 Å². The zero-order valence-electron chi connectivity index (χ0n) is 12.2. The summed E-state index contributed by atoms with van der Waals surface area (Å²) in [7, 11) is 4.02. The summed E-state index contributed by atoms with van der Waals surface area (Å²) >= 11 is 0. The molecule has 0 aliphatic rings.